The Morgan fingerprint density at radius 1 is 0.319 bits per heavy atom. The van der Waals surface area contributed by atoms with E-state index in [9.17, 15) is 5.26 Å². The maximum atomic E-state index is 9.32. The van der Waals surface area contributed by atoms with E-state index in [1.165, 1.54) is 33.4 Å². The van der Waals surface area contributed by atoms with Gasteiger partial charge in [0.1, 0.15) is 0 Å². The van der Waals surface area contributed by atoms with Crippen molar-refractivity contribution in [1.82, 2.24) is 19.9 Å². The van der Waals surface area contributed by atoms with Gasteiger partial charge < -0.3 is 0 Å². The predicted molar refractivity (Wildman–Crippen MR) is 287 cm³/mol. The Balaban J connectivity index is 0.884. The molecule has 3 aliphatic rings. The second kappa shape index (κ2) is 17.6. The number of nitriles is 1. The van der Waals surface area contributed by atoms with Gasteiger partial charge in [-0.15, -0.1) is 0 Å². The predicted octanol–water partition coefficient (Wildman–Crippen LogP) is 16.0. The first-order valence-electron chi connectivity index (χ1n) is 24.0. The molecule has 0 amide bonds. The van der Waals surface area contributed by atoms with Gasteiger partial charge in [0.05, 0.1) is 41.0 Å². The fraction of sp³-hybridized carbons (Fsp3) is 0.0303. The molecule has 0 aliphatic heterocycles. The van der Waals surface area contributed by atoms with Crippen molar-refractivity contribution in [2.24, 2.45) is 0 Å². The molecule has 1 unspecified atom stereocenters. The molecule has 6 nitrogen and oxygen atoms in total. The van der Waals surface area contributed by atoms with Gasteiger partial charge in [0, 0.05) is 45.2 Å². The van der Waals surface area contributed by atoms with Crippen LogP contribution in [0.25, 0.3) is 94.9 Å². The zero-order valence-corrected chi connectivity index (χ0v) is 38.8. The lowest BCUT2D eigenvalue weighted by Gasteiger charge is -2.42. The third-order valence-electron chi connectivity index (χ3n) is 14.2. The number of hydrogen-bond acceptors (Lipinski definition) is 5. The Labute approximate surface area is 417 Å². The molecule has 334 valence electrons. The topological polar surface area (TPSA) is 79.7 Å². The Morgan fingerprint density at radius 2 is 0.639 bits per heavy atom. The summed E-state index contributed by atoms with van der Waals surface area (Å²) in [5.41, 5.74) is 22.7. The first-order chi connectivity index (χ1) is 35.5. The summed E-state index contributed by atoms with van der Waals surface area (Å²) in [6.07, 6.45) is 0. The van der Waals surface area contributed by atoms with Crippen LogP contribution in [-0.2, 0) is 0 Å². The molecule has 2 atom stereocenters. The molecule has 14 rings (SSSR count). The summed E-state index contributed by atoms with van der Waals surface area (Å²) in [7, 11) is 0. The van der Waals surface area contributed by atoms with Crippen LogP contribution in [0.1, 0.15) is 50.8 Å². The lowest BCUT2D eigenvalue weighted by molar-refractivity contribution is 0.754. The molecule has 11 aromatic rings. The molecule has 2 aromatic heterocycles. The van der Waals surface area contributed by atoms with E-state index in [-0.39, 0.29) is 11.8 Å². The molecule has 0 spiro atoms. The van der Waals surface area contributed by atoms with Crippen LogP contribution in [0.3, 0.4) is 0 Å². The summed E-state index contributed by atoms with van der Waals surface area (Å²) in [5, 5.41) is 9.32. The molecule has 3 aliphatic carbocycles. The Kier molecular flexibility index (Phi) is 10.3. The van der Waals surface area contributed by atoms with Gasteiger partial charge in [0.25, 0.3) is 0 Å². The van der Waals surface area contributed by atoms with Crippen molar-refractivity contribution in [3.63, 3.8) is 0 Å². The highest BCUT2D eigenvalue weighted by molar-refractivity contribution is 5.79. The van der Waals surface area contributed by atoms with E-state index in [0.29, 0.717) is 22.9 Å². The van der Waals surface area contributed by atoms with E-state index in [1.54, 1.807) is 0 Å². The van der Waals surface area contributed by atoms with Gasteiger partial charge >= 0.3 is 0 Å². The van der Waals surface area contributed by atoms with E-state index >= 15 is 0 Å². The van der Waals surface area contributed by atoms with Crippen molar-refractivity contribution in [3.05, 3.63) is 281 Å². The van der Waals surface area contributed by atoms with Gasteiger partial charge in [-0.05, 0) is 92.0 Å². The summed E-state index contributed by atoms with van der Waals surface area (Å²) in [6.45, 7) is 7.35. The molecule has 0 saturated heterocycles. The molecule has 0 radical (unpaired) electrons. The number of hydrogen-bond donors (Lipinski definition) is 0. The van der Waals surface area contributed by atoms with Crippen LogP contribution in [0.2, 0.25) is 0 Å². The van der Waals surface area contributed by atoms with Crippen LogP contribution < -0.4 is 0 Å². The fourth-order valence-electron chi connectivity index (χ4n) is 10.6. The summed E-state index contributed by atoms with van der Waals surface area (Å²) >= 11 is 0. The summed E-state index contributed by atoms with van der Waals surface area (Å²) in [6, 6.07) is 81.8. The van der Waals surface area contributed by atoms with Gasteiger partial charge in [0.15, 0.2) is 17.3 Å². The molecule has 0 fully saturated rings. The lowest BCUT2D eigenvalue weighted by Crippen LogP contribution is -2.27. The quantitative estimate of drug-likeness (QED) is 0.142. The SMILES string of the molecule is [C-]#[N+]c1ccc(-c2ccc(-c3cc(-c4ccccc4)nc(-c4ccc5c(c4)[C@@H]4c6ccccc6C5c5cc(-c6nc(-c7ccccc7)cc(-c7ccc(-c8ccc(C#N)cc8)cc7)n6)ccc54)n3)cc2)cc1. The standard InChI is InChI=1S/C66H40N6/c1-68-52-32-28-45(29-33-52)44-22-26-49(27-23-44)62-39-60(47-12-6-3-7-13-47)70-66(72-62)51-31-35-56-58(37-51)64-54-15-9-8-14-53(54)63(56)57-36-50(30-34-55(57)64)65-69-59(46-10-4-2-5-11-46)38-61(71-65)48-24-20-43(21-25-48)42-18-16-41(40-67)17-19-42/h2-39,63-64H/t63?,64-/m1/s1. The first-order valence-corrected chi connectivity index (χ1v) is 24.0. The number of aromatic nitrogens is 4. The van der Waals surface area contributed by atoms with Gasteiger partial charge in [-0.25, -0.2) is 24.8 Å². The molecule has 6 heteroatoms. The van der Waals surface area contributed by atoms with Crippen LogP contribution in [-0.4, -0.2) is 19.9 Å². The second-order valence-corrected chi connectivity index (χ2v) is 18.3. The number of rotatable bonds is 8. The minimum Gasteiger partial charge on any atom is -0.238 e. The zero-order valence-electron chi connectivity index (χ0n) is 38.8. The van der Waals surface area contributed by atoms with E-state index in [1.807, 2.05) is 84.9 Å². The van der Waals surface area contributed by atoms with Crippen molar-refractivity contribution in [2.75, 3.05) is 0 Å². The first kappa shape index (κ1) is 42.2. The average molecular weight is 917 g/mol. The maximum Gasteiger partial charge on any atom is 0.187 e. The third-order valence-corrected chi connectivity index (χ3v) is 14.2. The normalized spacial score (nSPS) is 13.8. The van der Waals surface area contributed by atoms with Gasteiger partial charge in [-0.2, -0.15) is 5.26 Å². The Hall–Kier alpha value is -9.88. The van der Waals surface area contributed by atoms with Crippen molar-refractivity contribution >= 4 is 5.69 Å². The van der Waals surface area contributed by atoms with E-state index in [4.69, 9.17) is 26.5 Å². The molecule has 2 heterocycles. The summed E-state index contributed by atoms with van der Waals surface area (Å²) < 4.78 is 0. The van der Waals surface area contributed by atoms with Crippen LogP contribution in [0, 0.1) is 17.9 Å². The van der Waals surface area contributed by atoms with Gasteiger partial charge in [-0.1, -0.05) is 194 Å². The maximum absolute atomic E-state index is 9.32. The van der Waals surface area contributed by atoms with E-state index < -0.39 is 0 Å². The second-order valence-electron chi connectivity index (χ2n) is 18.3. The van der Waals surface area contributed by atoms with Crippen molar-refractivity contribution in [2.45, 2.75) is 11.8 Å². The average Bonchev–Trinajstić information content (AvgIpc) is 3.47. The van der Waals surface area contributed by atoms with Crippen molar-refractivity contribution < 1.29 is 0 Å². The van der Waals surface area contributed by atoms with E-state index in [0.717, 1.165) is 78.4 Å². The van der Waals surface area contributed by atoms with Crippen molar-refractivity contribution in [3.8, 4) is 96.1 Å². The molecule has 0 N–H and O–H groups in total. The fourth-order valence-corrected chi connectivity index (χ4v) is 10.6. The molecule has 0 saturated carbocycles. The largest absolute Gasteiger partial charge is 0.238 e. The molecular formula is C66H40N6. The number of nitrogens with zero attached hydrogens (tertiary/aromatic N) is 6. The monoisotopic (exact) mass is 916 g/mol. The van der Waals surface area contributed by atoms with Crippen LogP contribution in [0.15, 0.2) is 231 Å². The van der Waals surface area contributed by atoms with Crippen molar-refractivity contribution in [1.29, 1.82) is 5.26 Å². The molecular weight excluding hydrogens is 877 g/mol. The van der Waals surface area contributed by atoms with Crippen LogP contribution in [0.5, 0.6) is 0 Å². The third kappa shape index (κ3) is 7.52. The van der Waals surface area contributed by atoms with E-state index in [2.05, 4.69) is 157 Å². The molecule has 9 aromatic carbocycles. The minimum atomic E-state index is 0.0139. The zero-order chi connectivity index (χ0) is 48.1. The van der Waals surface area contributed by atoms with Gasteiger partial charge in [-0.3, -0.25) is 0 Å². The minimum absolute atomic E-state index is 0.0139. The highest BCUT2D eigenvalue weighted by atomic mass is 14.9. The lowest BCUT2D eigenvalue weighted by atomic mass is 9.61. The summed E-state index contributed by atoms with van der Waals surface area (Å²) in [4.78, 5) is 24.6. The highest BCUT2D eigenvalue weighted by Crippen LogP contribution is 2.56. The van der Waals surface area contributed by atoms with Gasteiger partial charge in [0.2, 0.25) is 0 Å². The van der Waals surface area contributed by atoms with Crippen LogP contribution >= 0.6 is 0 Å². The summed E-state index contributed by atoms with van der Waals surface area (Å²) in [5.74, 6) is 1.38. The molecule has 72 heavy (non-hydrogen) atoms. The molecule has 2 bridgehead atoms. The smallest absolute Gasteiger partial charge is 0.187 e. The van der Waals surface area contributed by atoms with Crippen LogP contribution in [0.4, 0.5) is 5.69 Å². The number of benzene rings is 9. The Bertz CT molecular complexity index is 3700. The Morgan fingerprint density at radius 3 is 1.03 bits per heavy atom. The highest BCUT2D eigenvalue weighted by Gasteiger charge is 2.41.